The highest BCUT2D eigenvalue weighted by atomic mass is 14.1. The average Bonchev–Trinajstić information content (AvgIpc) is 2.71. The van der Waals surface area contributed by atoms with Gasteiger partial charge in [-0.1, -0.05) is 86.6 Å². The number of fused-ring (bicyclic) bond motifs is 7. The lowest BCUT2D eigenvalue weighted by Crippen LogP contribution is -1.86. The predicted molar refractivity (Wildman–Crippen MR) is 115 cm³/mol. The summed E-state index contributed by atoms with van der Waals surface area (Å²) in [5, 5.41) is 10.8. The van der Waals surface area contributed by atoms with Crippen LogP contribution in [-0.4, -0.2) is 0 Å². The van der Waals surface area contributed by atoms with E-state index in [1.54, 1.807) is 0 Å². The Hall–Kier alpha value is -2.86. The molecule has 0 bridgehead atoms. The number of hydrogen-bond donors (Lipinski definition) is 0. The first-order valence-electron chi connectivity index (χ1n) is 9.58. The van der Waals surface area contributed by atoms with Crippen molar-refractivity contribution in [3.8, 4) is 0 Å². The Morgan fingerprint density at radius 1 is 0.423 bits per heavy atom. The van der Waals surface area contributed by atoms with Gasteiger partial charge in [-0.25, -0.2) is 0 Å². The molecule has 0 heterocycles. The molecule has 0 aromatic heterocycles. The third-order valence-electron chi connectivity index (χ3n) is 5.78. The van der Waals surface area contributed by atoms with Crippen molar-refractivity contribution in [1.29, 1.82) is 0 Å². The Labute approximate surface area is 154 Å². The second kappa shape index (κ2) is 5.85. The Kier molecular flexibility index (Phi) is 3.46. The molecule has 0 amide bonds. The maximum absolute atomic E-state index is 2.33. The van der Waals surface area contributed by atoms with Crippen LogP contribution in [0.2, 0.25) is 0 Å². The van der Waals surface area contributed by atoms with E-state index in [1.807, 2.05) is 0 Å². The molecule has 0 aliphatic carbocycles. The molecule has 0 saturated heterocycles. The predicted octanol–water partition coefficient (Wildman–Crippen LogP) is 7.42. The van der Waals surface area contributed by atoms with Crippen molar-refractivity contribution in [2.75, 3.05) is 0 Å². The summed E-state index contributed by atoms with van der Waals surface area (Å²) in [4.78, 5) is 0. The van der Waals surface area contributed by atoms with Gasteiger partial charge in [-0.05, 0) is 67.1 Å². The highest BCUT2D eigenvalue weighted by Crippen LogP contribution is 2.35. The van der Waals surface area contributed by atoms with Crippen LogP contribution >= 0.6 is 0 Å². The first kappa shape index (κ1) is 15.4. The van der Waals surface area contributed by atoms with E-state index in [0.29, 0.717) is 0 Å². The van der Waals surface area contributed by atoms with Crippen LogP contribution in [0.15, 0.2) is 72.8 Å². The van der Waals surface area contributed by atoms with Gasteiger partial charge in [-0.2, -0.15) is 0 Å². The van der Waals surface area contributed by atoms with Crippen molar-refractivity contribution in [2.45, 2.75) is 26.7 Å². The van der Waals surface area contributed by atoms with E-state index in [1.165, 1.54) is 54.2 Å². The lowest BCUT2D eigenvalue weighted by molar-refractivity contribution is 1.15. The Morgan fingerprint density at radius 2 is 0.769 bits per heavy atom. The maximum atomic E-state index is 2.33. The minimum absolute atomic E-state index is 1.08. The SMILES string of the molecule is CCc1ccc2c(ccc3c2ccc2c4ccc(CC)cc4ccc23)c1. The van der Waals surface area contributed by atoms with Gasteiger partial charge in [0.2, 0.25) is 0 Å². The number of hydrogen-bond acceptors (Lipinski definition) is 0. The van der Waals surface area contributed by atoms with Gasteiger partial charge >= 0.3 is 0 Å². The molecule has 0 unspecified atom stereocenters. The Bertz CT molecular complexity index is 1190. The topological polar surface area (TPSA) is 0 Å². The van der Waals surface area contributed by atoms with Crippen molar-refractivity contribution >= 4 is 43.1 Å². The molecule has 5 aromatic carbocycles. The summed E-state index contributed by atoms with van der Waals surface area (Å²) in [6.07, 6.45) is 2.16. The average molecular weight is 334 g/mol. The molecule has 0 saturated carbocycles. The van der Waals surface area contributed by atoms with Crippen LogP contribution in [0.5, 0.6) is 0 Å². The fraction of sp³-hybridized carbons (Fsp3) is 0.154. The molecular formula is C26H22. The Balaban J connectivity index is 1.87. The summed E-state index contributed by atoms with van der Waals surface area (Å²) in [5.41, 5.74) is 2.80. The van der Waals surface area contributed by atoms with Crippen LogP contribution < -0.4 is 0 Å². The van der Waals surface area contributed by atoms with Crippen molar-refractivity contribution in [1.82, 2.24) is 0 Å². The highest BCUT2D eigenvalue weighted by molar-refractivity contribution is 6.22. The fourth-order valence-electron chi connectivity index (χ4n) is 4.24. The minimum Gasteiger partial charge on any atom is -0.0613 e. The standard InChI is InChI=1S/C26H22/c1-3-17-5-9-21-19(15-17)7-11-25-23(21)13-14-24-22-10-6-18(4-2)16-20(22)8-12-26(24)25/h5-16H,3-4H2,1-2H3. The van der Waals surface area contributed by atoms with Gasteiger partial charge in [-0.3, -0.25) is 0 Å². The van der Waals surface area contributed by atoms with E-state index in [9.17, 15) is 0 Å². The van der Waals surface area contributed by atoms with E-state index in [0.717, 1.165) is 12.8 Å². The monoisotopic (exact) mass is 334 g/mol. The van der Waals surface area contributed by atoms with E-state index < -0.39 is 0 Å². The molecular weight excluding hydrogens is 312 g/mol. The molecule has 0 heteroatoms. The smallest absolute Gasteiger partial charge is 0.00987 e. The minimum atomic E-state index is 1.08. The molecule has 0 spiro atoms. The molecule has 5 rings (SSSR count). The van der Waals surface area contributed by atoms with Gasteiger partial charge in [0.15, 0.2) is 0 Å². The van der Waals surface area contributed by atoms with Crippen molar-refractivity contribution in [3.05, 3.63) is 83.9 Å². The summed E-state index contributed by atoms with van der Waals surface area (Å²) in [6.45, 7) is 4.43. The highest BCUT2D eigenvalue weighted by Gasteiger charge is 2.08. The van der Waals surface area contributed by atoms with E-state index in [4.69, 9.17) is 0 Å². The van der Waals surface area contributed by atoms with Crippen LogP contribution in [0.3, 0.4) is 0 Å². The van der Waals surface area contributed by atoms with Crippen molar-refractivity contribution < 1.29 is 0 Å². The van der Waals surface area contributed by atoms with E-state index >= 15 is 0 Å². The lowest BCUT2D eigenvalue weighted by Gasteiger charge is -2.11. The number of benzene rings is 5. The number of rotatable bonds is 2. The molecule has 0 N–H and O–H groups in total. The van der Waals surface area contributed by atoms with Gasteiger partial charge in [0.05, 0.1) is 0 Å². The molecule has 126 valence electrons. The third kappa shape index (κ3) is 2.22. The molecule has 0 fully saturated rings. The van der Waals surface area contributed by atoms with Gasteiger partial charge in [0, 0.05) is 0 Å². The van der Waals surface area contributed by atoms with Gasteiger partial charge in [0.1, 0.15) is 0 Å². The molecule has 0 nitrogen and oxygen atoms in total. The van der Waals surface area contributed by atoms with Crippen LogP contribution in [0.4, 0.5) is 0 Å². The normalized spacial score (nSPS) is 11.8. The molecule has 26 heavy (non-hydrogen) atoms. The Morgan fingerprint density at radius 3 is 1.19 bits per heavy atom. The van der Waals surface area contributed by atoms with Gasteiger partial charge in [0.25, 0.3) is 0 Å². The lowest BCUT2D eigenvalue weighted by atomic mass is 9.93. The zero-order valence-corrected chi connectivity index (χ0v) is 15.3. The first-order valence-corrected chi connectivity index (χ1v) is 9.58. The summed E-state index contributed by atoms with van der Waals surface area (Å²) in [5.74, 6) is 0. The van der Waals surface area contributed by atoms with Crippen LogP contribution in [0, 0.1) is 0 Å². The summed E-state index contributed by atoms with van der Waals surface area (Å²) in [7, 11) is 0. The summed E-state index contributed by atoms with van der Waals surface area (Å²) in [6, 6.07) is 27.5. The molecule has 0 aliphatic rings. The molecule has 0 radical (unpaired) electrons. The fourth-order valence-corrected chi connectivity index (χ4v) is 4.24. The van der Waals surface area contributed by atoms with E-state index in [2.05, 4.69) is 86.6 Å². The molecule has 5 aromatic rings. The summed E-state index contributed by atoms with van der Waals surface area (Å²) < 4.78 is 0. The maximum Gasteiger partial charge on any atom is -0.00987 e. The van der Waals surface area contributed by atoms with E-state index in [-0.39, 0.29) is 0 Å². The van der Waals surface area contributed by atoms with Crippen LogP contribution in [0.25, 0.3) is 43.1 Å². The largest absolute Gasteiger partial charge is 0.0613 e. The van der Waals surface area contributed by atoms with Crippen LogP contribution in [-0.2, 0) is 12.8 Å². The summed E-state index contributed by atoms with van der Waals surface area (Å²) >= 11 is 0. The van der Waals surface area contributed by atoms with Gasteiger partial charge < -0.3 is 0 Å². The molecule has 0 aliphatic heterocycles. The van der Waals surface area contributed by atoms with Crippen molar-refractivity contribution in [3.63, 3.8) is 0 Å². The quantitative estimate of drug-likeness (QED) is 0.295. The van der Waals surface area contributed by atoms with Crippen molar-refractivity contribution in [2.24, 2.45) is 0 Å². The molecule has 0 atom stereocenters. The zero-order valence-electron chi connectivity index (χ0n) is 15.3. The third-order valence-corrected chi connectivity index (χ3v) is 5.78. The first-order chi connectivity index (χ1) is 12.8. The van der Waals surface area contributed by atoms with Crippen LogP contribution in [0.1, 0.15) is 25.0 Å². The second-order valence-electron chi connectivity index (χ2n) is 7.21. The zero-order chi connectivity index (χ0) is 17.7. The number of aryl methyl sites for hydroxylation is 2. The second-order valence-corrected chi connectivity index (χ2v) is 7.21. The van der Waals surface area contributed by atoms with Gasteiger partial charge in [-0.15, -0.1) is 0 Å².